The first-order valence-electron chi connectivity index (χ1n) is 12.4. The molecule has 0 bridgehead atoms. The number of aliphatic hydroxyl groups excluding tert-OH is 2. The second-order valence-corrected chi connectivity index (χ2v) is 9.17. The molecule has 1 fully saturated rings. The van der Waals surface area contributed by atoms with Crippen LogP contribution in [0.2, 0.25) is 0 Å². The van der Waals surface area contributed by atoms with E-state index in [1.54, 1.807) is 12.2 Å². The summed E-state index contributed by atoms with van der Waals surface area (Å²) in [7, 11) is 0. The average Bonchev–Trinajstić information content (AvgIpc) is 3.13. The summed E-state index contributed by atoms with van der Waals surface area (Å²) in [5.41, 5.74) is 1.17. The number of aliphatic hydroxyl groups is 2. The van der Waals surface area contributed by atoms with Crippen LogP contribution in [-0.2, 0) is 20.7 Å². The summed E-state index contributed by atoms with van der Waals surface area (Å²) in [4.78, 5) is 23.9. The van der Waals surface area contributed by atoms with Gasteiger partial charge in [0.2, 0.25) is 0 Å². The van der Waals surface area contributed by atoms with Crippen LogP contribution in [0, 0.1) is 11.8 Å². The zero-order valence-electron chi connectivity index (χ0n) is 20.2. The van der Waals surface area contributed by atoms with Crippen molar-refractivity contribution in [2.24, 2.45) is 11.8 Å². The Hall–Kier alpha value is -3.02. The Morgan fingerprint density at radius 3 is 2.77 bits per heavy atom. The first-order valence-corrected chi connectivity index (χ1v) is 12.4. The monoisotopic (exact) mass is 476 g/mol. The number of aryl methyl sites for hydroxylation is 1. The van der Waals surface area contributed by atoms with Gasteiger partial charge in [0, 0.05) is 24.7 Å². The van der Waals surface area contributed by atoms with E-state index in [9.17, 15) is 19.8 Å². The summed E-state index contributed by atoms with van der Waals surface area (Å²) >= 11 is 0. The summed E-state index contributed by atoms with van der Waals surface area (Å²) in [6, 6.07) is 14.5. The molecule has 0 radical (unpaired) electrons. The van der Waals surface area contributed by atoms with Crippen molar-refractivity contribution in [1.29, 1.82) is 0 Å². The molecule has 35 heavy (non-hydrogen) atoms. The molecule has 1 aliphatic carbocycles. The van der Waals surface area contributed by atoms with E-state index in [2.05, 4.69) is 36.9 Å². The third-order valence-electron chi connectivity index (χ3n) is 6.50. The number of carbonyl (C=O) groups excluding carboxylic acids is 2. The lowest BCUT2D eigenvalue weighted by molar-refractivity contribution is -0.142. The molecule has 2 aromatic rings. The van der Waals surface area contributed by atoms with Crippen LogP contribution < -0.4 is 0 Å². The first kappa shape index (κ1) is 26.6. The Balaban J connectivity index is 1.45. The van der Waals surface area contributed by atoms with Gasteiger partial charge in [-0.3, -0.25) is 9.59 Å². The minimum atomic E-state index is -0.718. The lowest BCUT2D eigenvalue weighted by Crippen LogP contribution is -2.19. The van der Waals surface area contributed by atoms with Crippen molar-refractivity contribution in [3.63, 3.8) is 0 Å². The number of rotatable bonds is 13. The predicted octanol–water partition coefficient (Wildman–Crippen LogP) is 5.10. The van der Waals surface area contributed by atoms with Gasteiger partial charge in [0.1, 0.15) is 12.4 Å². The molecule has 0 unspecified atom stereocenters. The maximum atomic E-state index is 12.4. The Kier molecular flexibility index (Phi) is 10.5. The Morgan fingerprint density at radius 1 is 1.17 bits per heavy atom. The molecule has 5 nitrogen and oxygen atoms in total. The topological polar surface area (TPSA) is 83.8 Å². The molecule has 2 N–H and O–H groups in total. The van der Waals surface area contributed by atoms with E-state index in [1.807, 2.05) is 30.4 Å². The van der Waals surface area contributed by atoms with Gasteiger partial charge in [-0.25, -0.2) is 0 Å². The van der Waals surface area contributed by atoms with Gasteiger partial charge in [-0.05, 0) is 48.4 Å². The fourth-order valence-electron chi connectivity index (χ4n) is 4.54. The van der Waals surface area contributed by atoms with Gasteiger partial charge in [0.25, 0.3) is 0 Å². The van der Waals surface area contributed by atoms with Crippen LogP contribution in [0.4, 0.5) is 0 Å². The summed E-state index contributed by atoms with van der Waals surface area (Å²) < 4.78 is 4.94. The van der Waals surface area contributed by atoms with E-state index in [0.717, 1.165) is 12.8 Å². The van der Waals surface area contributed by atoms with Gasteiger partial charge in [0.05, 0.1) is 12.2 Å². The van der Waals surface area contributed by atoms with Crippen molar-refractivity contribution >= 4 is 22.5 Å². The minimum absolute atomic E-state index is 0.0513. The number of esters is 1. The molecule has 1 aliphatic rings. The highest BCUT2D eigenvalue weighted by atomic mass is 16.5. The number of unbranched alkanes of at least 4 members (excludes halogenated alkanes) is 1. The second kappa shape index (κ2) is 13.8. The maximum Gasteiger partial charge on any atom is 0.306 e. The second-order valence-electron chi connectivity index (χ2n) is 9.17. The highest BCUT2D eigenvalue weighted by molar-refractivity contribution is 5.85. The third kappa shape index (κ3) is 8.30. The lowest BCUT2D eigenvalue weighted by Gasteiger charge is -2.16. The van der Waals surface area contributed by atoms with Crippen LogP contribution in [0.5, 0.6) is 0 Å². The van der Waals surface area contributed by atoms with E-state index >= 15 is 0 Å². The highest BCUT2D eigenvalue weighted by Crippen LogP contribution is 2.33. The van der Waals surface area contributed by atoms with Crippen molar-refractivity contribution < 1.29 is 24.5 Å². The summed E-state index contributed by atoms with van der Waals surface area (Å²) in [5, 5.41) is 23.3. The number of ketones is 1. The highest BCUT2D eigenvalue weighted by Gasteiger charge is 2.39. The zero-order valence-corrected chi connectivity index (χ0v) is 20.2. The molecule has 0 spiro atoms. The van der Waals surface area contributed by atoms with E-state index in [4.69, 9.17) is 4.74 Å². The Labute approximate surface area is 207 Å². The van der Waals surface area contributed by atoms with Gasteiger partial charge >= 0.3 is 5.97 Å². The van der Waals surface area contributed by atoms with Crippen molar-refractivity contribution in [3.05, 3.63) is 85.0 Å². The van der Waals surface area contributed by atoms with E-state index in [-0.39, 0.29) is 36.6 Å². The van der Waals surface area contributed by atoms with Crippen LogP contribution >= 0.6 is 0 Å². The molecule has 1 saturated carbocycles. The van der Waals surface area contributed by atoms with E-state index < -0.39 is 12.2 Å². The molecule has 0 aromatic heterocycles. The molecule has 3 rings (SSSR count). The molecule has 2 aromatic carbocycles. The molecule has 0 amide bonds. The van der Waals surface area contributed by atoms with Gasteiger partial charge in [-0.15, -0.1) is 0 Å². The van der Waals surface area contributed by atoms with Crippen LogP contribution in [0.25, 0.3) is 10.8 Å². The molecule has 0 aliphatic heterocycles. The average molecular weight is 477 g/mol. The maximum absolute atomic E-state index is 12.4. The number of benzene rings is 2. The van der Waals surface area contributed by atoms with Crippen molar-refractivity contribution in [2.75, 3.05) is 6.61 Å². The standard InChI is InChI=1S/C30H36O5/c1-2-19-35-30(34)12-6-4-3-5-11-26-27(29(33)21-28(26)32)18-17-25(31)16-14-22-13-15-23-9-7-8-10-24(23)20-22/h2-3,5,7-10,13,15,17-18,20,25-27,29,31,33H,1,4,6,11-12,14,16,19,21H2/t25-,26+,27+,29+/m0/s1. The number of hydrogen-bond acceptors (Lipinski definition) is 5. The molecular weight excluding hydrogens is 440 g/mol. The van der Waals surface area contributed by atoms with Crippen LogP contribution in [0.3, 0.4) is 0 Å². The summed E-state index contributed by atoms with van der Waals surface area (Å²) in [6.07, 6.45) is 11.4. The fraction of sp³-hybridized carbons (Fsp3) is 0.400. The summed E-state index contributed by atoms with van der Waals surface area (Å²) in [6.45, 7) is 3.74. The molecular formula is C30H36O5. The van der Waals surface area contributed by atoms with Gasteiger partial charge in [-0.1, -0.05) is 79.4 Å². The quantitative estimate of drug-likeness (QED) is 0.239. The SMILES string of the molecule is C=CCOC(=O)CCCC=CC[C@H]1C(=O)C[C@@H](O)[C@@H]1C=C[C@@H](O)CCc1ccc2ccccc2c1. The van der Waals surface area contributed by atoms with Gasteiger partial charge in [-0.2, -0.15) is 0 Å². The zero-order chi connectivity index (χ0) is 25.0. The van der Waals surface area contributed by atoms with Crippen molar-refractivity contribution in [2.45, 2.75) is 57.2 Å². The third-order valence-corrected chi connectivity index (χ3v) is 6.50. The number of carbonyl (C=O) groups is 2. The number of Topliss-reactive ketones (excluding diaryl/α,β-unsaturated/α-hetero) is 1. The Morgan fingerprint density at radius 2 is 1.97 bits per heavy atom. The summed E-state index contributed by atoms with van der Waals surface area (Å²) in [5.74, 6) is -0.772. The van der Waals surface area contributed by atoms with Crippen molar-refractivity contribution in [3.8, 4) is 0 Å². The number of ether oxygens (including phenoxy) is 1. The normalized spacial score (nSPS) is 21.2. The van der Waals surface area contributed by atoms with E-state index in [0.29, 0.717) is 25.7 Å². The van der Waals surface area contributed by atoms with E-state index in [1.165, 1.54) is 16.3 Å². The van der Waals surface area contributed by atoms with Gasteiger partial charge < -0.3 is 14.9 Å². The number of allylic oxidation sites excluding steroid dienone is 2. The molecule has 4 atom stereocenters. The number of fused-ring (bicyclic) bond motifs is 1. The lowest BCUT2D eigenvalue weighted by atomic mass is 9.90. The molecule has 186 valence electrons. The predicted molar refractivity (Wildman–Crippen MR) is 139 cm³/mol. The van der Waals surface area contributed by atoms with Crippen LogP contribution in [-0.4, -0.2) is 40.8 Å². The van der Waals surface area contributed by atoms with Crippen molar-refractivity contribution in [1.82, 2.24) is 0 Å². The smallest absolute Gasteiger partial charge is 0.306 e. The largest absolute Gasteiger partial charge is 0.461 e. The minimum Gasteiger partial charge on any atom is -0.461 e. The molecule has 5 heteroatoms. The van der Waals surface area contributed by atoms with Gasteiger partial charge in [0.15, 0.2) is 0 Å². The Bertz CT molecular complexity index is 1050. The van der Waals surface area contributed by atoms with Crippen LogP contribution in [0.1, 0.15) is 44.1 Å². The molecule has 0 heterocycles. The number of hydrogen-bond donors (Lipinski definition) is 2. The first-order chi connectivity index (χ1) is 17.0. The fourth-order valence-corrected chi connectivity index (χ4v) is 4.54. The molecule has 0 saturated heterocycles. The van der Waals surface area contributed by atoms with Crippen LogP contribution in [0.15, 0.2) is 79.4 Å².